The van der Waals surface area contributed by atoms with Gasteiger partial charge in [0.15, 0.2) is 11.6 Å². The lowest BCUT2D eigenvalue weighted by Gasteiger charge is -2.38. The van der Waals surface area contributed by atoms with Gasteiger partial charge in [-0.25, -0.2) is 9.37 Å². The average Bonchev–Trinajstić information content (AvgIpc) is 2.70. The van der Waals surface area contributed by atoms with Gasteiger partial charge in [0, 0.05) is 24.8 Å². The number of benzene rings is 1. The molecule has 4 N–H and O–H groups in total. The molecule has 1 amide bonds. The average molecular weight is 385 g/mol. The predicted molar refractivity (Wildman–Crippen MR) is 111 cm³/mol. The van der Waals surface area contributed by atoms with Crippen molar-refractivity contribution in [3.8, 4) is 0 Å². The Morgan fingerprint density at radius 2 is 2.00 bits per heavy atom. The van der Waals surface area contributed by atoms with Crippen molar-refractivity contribution < 1.29 is 9.18 Å². The highest BCUT2D eigenvalue weighted by Gasteiger charge is 2.30. The first-order valence-corrected chi connectivity index (χ1v) is 9.65. The highest BCUT2D eigenvalue weighted by atomic mass is 19.1. The molecule has 7 heteroatoms. The number of amides is 1. The fraction of sp³-hybridized carbons (Fsp3) is 0.429. The van der Waals surface area contributed by atoms with E-state index in [0.29, 0.717) is 0 Å². The Labute approximate surface area is 165 Å². The van der Waals surface area contributed by atoms with Crippen LogP contribution in [-0.4, -0.2) is 37.1 Å². The number of hydrogen-bond acceptors (Lipinski definition) is 5. The molecule has 28 heavy (non-hydrogen) atoms. The summed E-state index contributed by atoms with van der Waals surface area (Å²) in [5, 5.41) is 6.49. The Hall–Kier alpha value is -2.67. The van der Waals surface area contributed by atoms with Gasteiger partial charge in [0.05, 0.1) is 5.56 Å². The second kappa shape index (κ2) is 8.56. The molecule has 1 heterocycles. The van der Waals surface area contributed by atoms with Crippen LogP contribution < -0.4 is 21.3 Å². The van der Waals surface area contributed by atoms with E-state index in [1.807, 2.05) is 50.2 Å². The maximum absolute atomic E-state index is 14.9. The zero-order valence-electron chi connectivity index (χ0n) is 16.6. The van der Waals surface area contributed by atoms with Crippen LogP contribution in [0.3, 0.4) is 0 Å². The molecule has 0 saturated heterocycles. The number of nitrogens with two attached hydrogens (primary N) is 1. The Bertz CT molecular complexity index is 857. The molecular formula is C21H28FN5O. The molecule has 0 bridgehead atoms. The SMILES string of the molecule is CNC1CCCCC1N(C)c1nc(Nc2ccccc2C)c(C(N)=O)cc1F. The molecule has 2 unspecified atom stereocenters. The monoisotopic (exact) mass is 385 g/mol. The highest BCUT2D eigenvalue weighted by molar-refractivity contribution is 5.98. The molecule has 1 fully saturated rings. The van der Waals surface area contributed by atoms with Crippen LogP contribution in [0, 0.1) is 12.7 Å². The smallest absolute Gasteiger partial charge is 0.252 e. The first-order valence-electron chi connectivity index (χ1n) is 9.65. The van der Waals surface area contributed by atoms with E-state index in [9.17, 15) is 9.18 Å². The Kier molecular flexibility index (Phi) is 6.14. The van der Waals surface area contributed by atoms with Crippen molar-refractivity contribution in [2.24, 2.45) is 5.73 Å². The molecule has 2 aromatic rings. The number of anilines is 3. The third kappa shape index (κ3) is 4.09. The van der Waals surface area contributed by atoms with Crippen LogP contribution in [-0.2, 0) is 0 Å². The summed E-state index contributed by atoms with van der Waals surface area (Å²) >= 11 is 0. The lowest BCUT2D eigenvalue weighted by Crippen LogP contribution is -2.50. The van der Waals surface area contributed by atoms with Crippen molar-refractivity contribution in [3.63, 3.8) is 0 Å². The molecule has 1 saturated carbocycles. The molecule has 150 valence electrons. The quantitative estimate of drug-likeness (QED) is 0.710. The zero-order chi connectivity index (χ0) is 20.3. The van der Waals surface area contributed by atoms with Crippen LogP contribution in [0.15, 0.2) is 30.3 Å². The van der Waals surface area contributed by atoms with E-state index >= 15 is 0 Å². The van der Waals surface area contributed by atoms with Crippen molar-refractivity contribution in [1.82, 2.24) is 10.3 Å². The standard InChI is InChI=1S/C21H28FN5O/c1-13-8-4-5-9-16(13)25-20-14(19(23)28)12-15(22)21(26-20)27(3)18-11-7-6-10-17(18)24-2/h4-5,8-9,12,17-18,24H,6-7,10-11H2,1-3H3,(H2,23,28)(H,25,26). The molecule has 3 rings (SSSR count). The number of carbonyl (C=O) groups is 1. The summed E-state index contributed by atoms with van der Waals surface area (Å²) in [6.07, 6.45) is 4.26. The van der Waals surface area contributed by atoms with E-state index in [1.165, 1.54) is 6.07 Å². The molecule has 0 spiro atoms. The summed E-state index contributed by atoms with van der Waals surface area (Å²) in [5.41, 5.74) is 7.29. The number of hydrogen-bond donors (Lipinski definition) is 3. The fourth-order valence-corrected chi connectivity index (χ4v) is 3.92. The summed E-state index contributed by atoms with van der Waals surface area (Å²) < 4.78 is 14.9. The van der Waals surface area contributed by atoms with Gasteiger partial charge in [-0.1, -0.05) is 31.0 Å². The highest BCUT2D eigenvalue weighted by Crippen LogP contribution is 2.30. The van der Waals surface area contributed by atoms with Gasteiger partial charge in [0.25, 0.3) is 5.91 Å². The molecular weight excluding hydrogens is 357 g/mol. The van der Waals surface area contributed by atoms with Crippen LogP contribution in [0.1, 0.15) is 41.6 Å². The van der Waals surface area contributed by atoms with Crippen molar-refractivity contribution in [3.05, 3.63) is 47.3 Å². The van der Waals surface area contributed by atoms with E-state index < -0.39 is 11.7 Å². The number of carbonyl (C=O) groups excluding carboxylic acids is 1. The molecule has 1 aromatic carbocycles. The number of nitrogens with zero attached hydrogens (tertiary/aromatic N) is 2. The first-order chi connectivity index (χ1) is 13.4. The molecule has 1 aromatic heterocycles. The zero-order valence-corrected chi connectivity index (χ0v) is 16.6. The van der Waals surface area contributed by atoms with Gasteiger partial charge in [-0.3, -0.25) is 4.79 Å². The number of pyridine rings is 1. The summed E-state index contributed by atoms with van der Waals surface area (Å²) in [6.45, 7) is 1.95. The fourth-order valence-electron chi connectivity index (χ4n) is 3.92. The van der Waals surface area contributed by atoms with Gasteiger partial charge >= 0.3 is 0 Å². The van der Waals surface area contributed by atoms with E-state index in [4.69, 9.17) is 5.73 Å². The van der Waals surface area contributed by atoms with Crippen LogP contribution in [0.4, 0.5) is 21.7 Å². The minimum absolute atomic E-state index is 0.0340. The van der Waals surface area contributed by atoms with Crippen molar-refractivity contribution in [2.75, 3.05) is 24.3 Å². The summed E-state index contributed by atoms with van der Waals surface area (Å²) in [7, 11) is 3.79. The number of para-hydroxylation sites is 1. The molecule has 6 nitrogen and oxygen atoms in total. The molecule has 2 atom stereocenters. The summed E-state index contributed by atoms with van der Waals surface area (Å²) in [6, 6.07) is 9.21. The maximum atomic E-state index is 14.9. The van der Waals surface area contributed by atoms with E-state index in [-0.39, 0.29) is 29.3 Å². The molecule has 0 radical (unpaired) electrons. The van der Waals surface area contributed by atoms with Crippen LogP contribution in [0.2, 0.25) is 0 Å². The number of aryl methyl sites for hydroxylation is 1. The summed E-state index contributed by atoms with van der Waals surface area (Å²) in [4.78, 5) is 18.2. The minimum Gasteiger partial charge on any atom is -0.365 e. The lowest BCUT2D eigenvalue weighted by atomic mass is 9.89. The third-order valence-corrected chi connectivity index (χ3v) is 5.55. The molecule has 0 aliphatic heterocycles. The minimum atomic E-state index is -0.720. The number of likely N-dealkylation sites (N-methyl/N-ethyl adjacent to an activating group) is 2. The molecule has 1 aliphatic rings. The number of nitrogens with one attached hydrogen (secondary N) is 2. The van der Waals surface area contributed by atoms with Gasteiger partial charge in [-0.2, -0.15) is 0 Å². The largest absolute Gasteiger partial charge is 0.365 e. The van der Waals surface area contributed by atoms with Crippen molar-refractivity contribution in [2.45, 2.75) is 44.7 Å². The molecule has 1 aliphatic carbocycles. The van der Waals surface area contributed by atoms with Crippen LogP contribution in [0.5, 0.6) is 0 Å². The number of rotatable bonds is 6. The van der Waals surface area contributed by atoms with Crippen molar-refractivity contribution in [1.29, 1.82) is 0 Å². The van der Waals surface area contributed by atoms with Gasteiger partial charge in [-0.15, -0.1) is 0 Å². The van der Waals surface area contributed by atoms with Gasteiger partial charge in [0.1, 0.15) is 5.82 Å². The maximum Gasteiger partial charge on any atom is 0.252 e. The van der Waals surface area contributed by atoms with Gasteiger partial charge in [-0.05, 0) is 44.5 Å². The third-order valence-electron chi connectivity index (χ3n) is 5.55. The van der Waals surface area contributed by atoms with Gasteiger partial charge in [0.2, 0.25) is 0 Å². The summed E-state index contributed by atoms with van der Waals surface area (Å²) in [5.74, 6) is -0.787. The second-order valence-corrected chi connectivity index (χ2v) is 7.35. The first kappa shape index (κ1) is 20.1. The van der Waals surface area contributed by atoms with Crippen molar-refractivity contribution >= 4 is 23.2 Å². The van der Waals surface area contributed by atoms with Gasteiger partial charge < -0.3 is 21.3 Å². The number of aromatic nitrogens is 1. The lowest BCUT2D eigenvalue weighted by molar-refractivity contribution is 0.100. The van der Waals surface area contributed by atoms with Crippen LogP contribution >= 0.6 is 0 Å². The predicted octanol–water partition coefficient (Wildman–Crippen LogP) is 3.34. The second-order valence-electron chi connectivity index (χ2n) is 7.35. The Balaban J connectivity index is 2.00. The Morgan fingerprint density at radius 1 is 1.29 bits per heavy atom. The normalized spacial score (nSPS) is 19.3. The van der Waals surface area contributed by atoms with E-state index in [0.717, 1.165) is 36.9 Å². The van der Waals surface area contributed by atoms with E-state index in [1.54, 1.807) is 0 Å². The Morgan fingerprint density at radius 3 is 2.68 bits per heavy atom. The topological polar surface area (TPSA) is 83.3 Å². The number of primary amides is 1. The van der Waals surface area contributed by atoms with E-state index in [2.05, 4.69) is 15.6 Å². The van der Waals surface area contributed by atoms with Crippen LogP contribution in [0.25, 0.3) is 0 Å². The number of halogens is 1.